The van der Waals surface area contributed by atoms with Crippen LogP contribution in [0.25, 0.3) is 0 Å². The Hall–Kier alpha value is -2.40. The molecule has 5 nitrogen and oxygen atoms in total. The van der Waals surface area contributed by atoms with E-state index in [0.717, 1.165) is 17.1 Å². The molecular formula is C22H28ClNO4. The van der Waals surface area contributed by atoms with Gasteiger partial charge < -0.3 is 19.5 Å². The van der Waals surface area contributed by atoms with Gasteiger partial charge in [0.25, 0.3) is 5.91 Å². The Morgan fingerprint density at radius 2 is 1.64 bits per heavy atom. The SMILES string of the molecule is CCOc1ccc(CCNC(=O)C(C)(C)Oc2ccc(Cl)cc2)cc1OCC. The van der Waals surface area contributed by atoms with Gasteiger partial charge in [0.15, 0.2) is 17.1 Å². The molecule has 152 valence electrons. The Balaban J connectivity index is 1.91. The molecule has 0 aromatic heterocycles. The van der Waals surface area contributed by atoms with Crippen molar-refractivity contribution in [3.05, 3.63) is 53.1 Å². The largest absolute Gasteiger partial charge is 0.490 e. The van der Waals surface area contributed by atoms with Gasteiger partial charge in [0.1, 0.15) is 5.75 Å². The minimum atomic E-state index is -0.997. The van der Waals surface area contributed by atoms with Crippen molar-refractivity contribution in [3.8, 4) is 17.2 Å². The quantitative estimate of drug-likeness (QED) is 0.624. The van der Waals surface area contributed by atoms with Crippen molar-refractivity contribution >= 4 is 17.5 Å². The van der Waals surface area contributed by atoms with Gasteiger partial charge in [-0.2, -0.15) is 0 Å². The standard InChI is InChI=1S/C22H28ClNO4/c1-5-26-19-12-7-16(15-20(19)27-6-2)13-14-24-21(25)22(3,4)28-18-10-8-17(23)9-11-18/h7-12,15H,5-6,13-14H2,1-4H3,(H,24,25). The summed E-state index contributed by atoms with van der Waals surface area (Å²) in [5.74, 6) is 1.87. The molecule has 0 spiro atoms. The predicted octanol–water partition coefficient (Wildman–Crippen LogP) is 4.65. The lowest BCUT2D eigenvalue weighted by Crippen LogP contribution is -2.47. The average Bonchev–Trinajstić information content (AvgIpc) is 2.65. The van der Waals surface area contributed by atoms with Crippen molar-refractivity contribution in [2.45, 2.75) is 39.7 Å². The molecule has 2 rings (SSSR count). The molecule has 0 aliphatic carbocycles. The minimum Gasteiger partial charge on any atom is -0.490 e. The predicted molar refractivity (Wildman–Crippen MR) is 112 cm³/mol. The van der Waals surface area contributed by atoms with Crippen LogP contribution in [-0.4, -0.2) is 31.3 Å². The summed E-state index contributed by atoms with van der Waals surface area (Å²) >= 11 is 5.88. The second kappa shape index (κ2) is 10.2. The third kappa shape index (κ3) is 6.34. The number of halogens is 1. The Labute approximate surface area is 171 Å². The van der Waals surface area contributed by atoms with E-state index in [0.29, 0.717) is 37.0 Å². The fourth-order valence-electron chi connectivity index (χ4n) is 2.63. The zero-order valence-electron chi connectivity index (χ0n) is 16.9. The first-order chi connectivity index (χ1) is 13.4. The first kappa shape index (κ1) is 21.9. The monoisotopic (exact) mass is 405 g/mol. The lowest BCUT2D eigenvalue weighted by atomic mass is 10.1. The number of nitrogens with one attached hydrogen (secondary N) is 1. The zero-order chi connectivity index (χ0) is 20.6. The number of ether oxygens (including phenoxy) is 3. The van der Waals surface area contributed by atoms with E-state index in [-0.39, 0.29) is 5.91 Å². The summed E-state index contributed by atoms with van der Waals surface area (Å²) in [6.45, 7) is 8.99. The summed E-state index contributed by atoms with van der Waals surface area (Å²) < 4.78 is 17.0. The van der Waals surface area contributed by atoms with Crippen LogP contribution in [0, 0.1) is 0 Å². The molecule has 0 saturated heterocycles. The summed E-state index contributed by atoms with van der Waals surface area (Å²) in [6.07, 6.45) is 0.676. The Kier molecular flexibility index (Phi) is 8.00. The third-order valence-corrected chi connectivity index (χ3v) is 4.29. The maximum atomic E-state index is 12.5. The van der Waals surface area contributed by atoms with Crippen molar-refractivity contribution in [3.63, 3.8) is 0 Å². The average molecular weight is 406 g/mol. The molecule has 0 bridgehead atoms. The molecular weight excluding hydrogens is 378 g/mol. The van der Waals surface area contributed by atoms with E-state index in [4.69, 9.17) is 25.8 Å². The van der Waals surface area contributed by atoms with Crippen LogP contribution in [0.15, 0.2) is 42.5 Å². The number of carbonyl (C=O) groups excluding carboxylic acids is 1. The summed E-state index contributed by atoms with van der Waals surface area (Å²) in [6, 6.07) is 12.8. The molecule has 2 aromatic carbocycles. The highest BCUT2D eigenvalue weighted by Gasteiger charge is 2.29. The zero-order valence-corrected chi connectivity index (χ0v) is 17.6. The summed E-state index contributed by atoms with van der Waals surface area (Å²) in [5, 5.41) is 3.55. The van der Waals surface area contributed by atoms with Crippen molar-refractivity contribution in [2.75, 3.05) is 19.8 Å². The smallest absolute Gasteiger partial charge is 0.263 e. The van der Waals surface area contributed by atoms with Crippen LogP contribution >= 0.6 is 11.6 Å². The fraction of sp³-hybridized carbons (Fsp3) is 0.409. The second-order valence-electron chi connectivity index (χ2n) is 6.72. The molecule has 0 fully saturated rings. The Morgan fingerprint density at radius 3 is 2.29 bits per heavy atom. The van der Waals surface area contributed by atoms with Gasteiger partial charge in [0.2, 0.25) is 0 Å². The molecule has 2 aromatic rings. The molecule has 0 heterocycles. The third-order valence-electron chi connectivity index (χ3n) is 4.04. The highest BCUT2D eigenvalue weighted by molar-refractivity contribution is 6.30. The van der Waals surface area contributed by atoms with Crippen LogP contribution in [0.4, 0.5) is 0 Å². The van der Waals surface area contributed by atoms with E-state index in [9.17, 15) is 4.79 Å². The van der Waals surface area contributed by atoms with Crippen molar-refractivity contribution in [1.29, 1.82) is 0 Å². The molecule has 6 heteroatoms. The van der Waals surface area contributed by atoms with Crippen molar-refractivity contribution in [1.82, 2.24) is 5.32 Å². The van der Waals surface area contributed by atoms with E-state index in [1.54, 1.807) is 38.1 Å². The lowest BCUT2D eigenvalue weighted by molar-refractivity contribution is -0.134. The summed E-state index contributed by atoms with van der Waals surface area (Å²) in [5.41, 5.74) is 0.0620. The molecule has 28 heavy (non-hydrogen) atoms. The number of carbonyl (C=O) groups is 1. The molecule has 1 amide bonds. The van der Waals surface area contributed by atoms with Gasteiger partial charge in [0.05, 0.1) is 13.2 Å². The molecule has 0 unspecified atom stereocenters. The number of amides is 1. The highest BCUT2D eigenvalue weighted by Crippen LogP contribution is 2.28. The maximum absolute atomic E-state index is 12.5. The normalized spacial score (nSPS) is 11.0. The van der Waals surface area contributed by atoms with E-state index in [1.165, 1.54) is 0 Å². The number of hydrogen-bond donors (Lipinski definition) is 1. The summed E-state index contributed by atoms with van der Waals surface area (Å²) in [7, 11) is 0. The van der Waals surface area contributed by atoms with Gasteiger partial charge in [-0.3, -0.25) is 4.79 Å². The fourth-order valence-corrected chi connectivity index (χ4v) is 2.75. The van der Waals surface area contributed by atoms with Crippen LogP contribution in [0.3, 0.4) is 0 Å². The molecule has 0 aliphatic rings. The topological polar surface area (TPSA) is 56.8 Å². The number of hydrogen-bond acceptors (Lipinski definition) is 4. The van der Waals surface area contributed by atoms with Crippen LogP contribution in [0.1, 0.15) is 33.3 Å². The molecule has 0 aliphatic heterocycles. The van der Waals surface area contributed by atoms with Crippen molar-refractivity contribution in [2.24, 2.45) is 0 Å². The molecule has 0 saturated carbocycles. The maximum Gasteiger partial charge on any atom is 0.263 e. The van der Waals surface area contributed by atoms with Gasteiger partial charge in [-0.1, -0.05) is 17.7 Å². The number of rotatable bonds is 10. The van der Waals surface area contributed by atoms with Crippen LogP contribution in [0.2, 0.25) is 5.02 Å². The molecule has 0 atom stereocenters. The van der Waals surface area contributed by atoms with E-state index in [1.807, 2.05) is 32.0 Å². The molecule has 0 radical (unpaired) electrons. The van der Waals surface area contributed by atoms with Gasteiger partial charge in [-0.25, -0.2) is 0 Å². The van der Waals surface area contributed by atoms with Crippen LogP contribution < -0.4 is 19.5 Å². The Bertz CT molecular complexity index is 775. The van der Waals surface area contributed by atoms with Gasteiger partial charge in [-0.15, -0.1) is 0 Å². The van der Waals surface area contributed by atoms with E-state index in [2.05, 4.69) is 5.32 Å². The van der Waals surface area contributed by atoms with Crippen molar-refractivity contribution < 1.29 is 19.0 Å². The van der Waals surface area contributed by atoms with Crippen LogP contribution in [0.5, 0.6) is 17.2 Å². The summed E-state index contributed by atoms with van der Waals surface area (Å²) in [4.78, 5) is 12.5. The first-order valence-corrected chi connectivity index (χ1v) is 9.85. The Morgan fingerprint density at radius 1 is 1.00 bits per heavy atom. The van der Waals surface area contributed by atoms with Gasteiger partial charge in [0, 0.05) is 11.6 Å². The first-order valence-electron chi connectivity index (χ1n) is 9.47. The van der Waals surface area contributed by atoms with Gasteiger partial charge >= 0.3 is 0 Å². The van der Waals surface area contributed by atoms with E-state index < -0.39 is 5.60 Å². The number of benzene rings is 2. The lowest BCUT2D eigenvalue weighted by Gasteiger charge is -2.25. The second-order valence-corrected chi connectivity index (χ2v) is 7.16. The van der Waals surface area contributed by atoms with Gasteiger partial charge in [-0.05, 0) is 76.1 Å². The minimum absolute atomic E-state index is 0.182. The van der Waals surface area contributed by atoms with E-state index >= 15 is 0 Å². The molecule has 1 N–H and O–H groups in total. The highest BCUT2D eigenvalue weighted by atomic mass is 35.5. The van der Waals surface area contributed by atoms with Crippen LogP contribution in [-0.2, 0) is 11.2 Å².